The summed E-state index contributed by atoms with van der Waals surface area (Å²) in [7, 11) is 0. The third-order valence-electron chi connectivity index (χ3n) is 4.40. The molecule has 3 heterocycles. The molecule has 138 valence electrons. The zero-order valence-electron chi connectivity index (χ0n) is 13.7. The van der Waals surface area contributed by atoms with Crippen LogP contribution in [0.1, 0.15) is 16.0 Å². The maximum atomic E-state index is 8.74. The van der Waals surface area contributed by atoms with Gasteiger partial charge in [0.2, 0.25) is 0 Å². The number of allylic oxidation sites excluding steroid dienone is 1. The van der Waals surface area contributed by atoms with Crippen LogP contribution in [-0.2, 0) is 0 Å². The first-order valence-corrected chi connectivity index (χ1v) is 12.3. The summed E-state index contributed by atoms with van der Waals surface area (Å²) in [4.78, 5) is 2.09. The first-order chi connectivity index (χ1) is 13.6. The van der Waals surface area contributed by atoms with E-state index >= 15 is 0 Å². The van der Waals surface area contributed by atoms with Crippen LogP contribution in [0, 0.1) is 5.41 Å². The number of nitrogens with one attached hydrogen (secondary N) is 1. The van der Waals surface area contributed by atoms with Crippen molar-refractivity contribution in [2.24, 2.45) is 4.40 Å². The Morgan fingerprint density at radius 3 is 2.25 bits per heavy atom. The molecule has 1 aromatic carbocycles. The van der Waals surface area contributed by atoms with E-state index < -0.39 is 0 Å². The second-order valence-corrected chi connectivity index (χ2v) is 11.6. The van der Waals surface area contributed by atoms with Crippen molar-refractivity contribution in [1.29, 1.82) is 5.41 Å². The number of benzene rings is 1. The smallest absolute Gasteiger partial charge is 0.114 e. The molecule has 0 bridgehead atoms. The van der Waals surface area contributed by atoms with E-state index in [4.69, 9.17) is 5.41 Å². The van der Waals surface area contributed by atoms with E-state index in [0.29, 0.717) is 11.4 Å². The number of nitrogens with zero attached hydrogens (tertiary/aromatic N) is 3. The number of rotatable bonds is 2. The summed E-state index contributed by atoms with van der Waals surface area (Å²) in [5, 5.41) is 8.74. The van der Waals surface area contributed by atoms with E-state index in [1.807, 2.05) is 24.3 Å². The van der Waals surface area contributed by atoms with E-state index in [9.17, 15) is 0 Å². The molecule has 0 amide bonds. The average Bonchev–Trinajstić information content (AvgIpc) is 3.41. The normalized spacial score (nSPS) is 15.3. The van der Waals surface area contributed by atoms with Crippen LogP contribution in [0.5, 0.6) is 0 Å². The van der Waals surface area contributed by atoms with Crippen molar-refractivity contribution in [1.82, 2.24) is 8.75 Å². The van der Waals surface area contributed by atoms with Gasteiger partial charge in [0.1, 0.15) is 16.7 Å². The van der Waals surface area contributed by atoms with Crippen LogP contribution >= 0.6 is 79.1 Å². The molecule has 1 aliphatic carbocycles. The molecule has 28 heavy (non-hydrogen) atoms. The highest BCUT2D eigenvalue weighted by Crippen LogP contribution is 2.41. The molecule has 0 unspecified atom stereocenters. The summed E-state index contributed by atoms with van der Waals surface area (Å²) in [6.45, 7) is 0. The highest BCUT2D eigenvalue weighted by Gasteiger charge is 2.28. The van der Waals surface area contributed by atoms with Crippen LogP contribution in [0.15, 0.2) is 42.3 Å². The quantitative estimate of drug-likeness (QED) is 0.251. The second-order valence-electron chi connectivity index (χ2n) is 5.94. The van der Waals surface area contributed by atoms with Crippen molar-refractivity contribution in [3.63, 3.8) is 0 Å². The fraction of sp³-hybridized carbons (Fsp3) is 0. The van der Waals surface area contributed by atoms with Gasteiger partial charge in [0, 0.05) is 32.0 Å². The SMILES string of the molecule is N=C1C(c2ccc(Br)s2)=Cc2c(cc(-c3ccc(Br)s3)c3nsnc23)/C1=N/S. The summed E-state index contributed by atoms with van der Waals surface area (Å²) in [5.41, 5.74) is 6.22. The fourth-order valence-corrected chi connectivity index (χ4v) is 6.78. The van der Waals surface area contributed by atoms with Gasteiger partial charge in [-0.3, -0.25) is 5.41 Å². The molecule has 0 radical (unpaired) electrons. The lowest BCUT2D eigenvalue weighted by Crippen LogP contribution is -2.20. The number of thiophene rings is 2. The number of thiol groups is 1. The van der Waals surface area contributed by atoms with Gasteiger partial charge < -0.3 is 0 Å². The summed E-state index contributed by atoms with van der Waals surface area (Å²) in [6, 6.07) is 10.1. The molecule has 4 nitrogen and oxygen atoms in total. The first kappa shape index (κ1) is 18.8. The highest BCUT2D eigenvalue weighted by atomic mass is 79.9. The van der Waals surface area contributed by atoms with Gasteiger partial charge in [-0.2, -0.15) is 8.75 Å². The molecule has 1 aliphatic rings. The summed E-state index contributed by atoms with van der Waals surface area (Å²) in [6.07, 6.45) is 2.02. The number of halogens is 2. The predicted molar refractivity (Wildman–Crippen MR) is 132 cm³/mol. The molecule has 10 heteroatoms. The fourth-order valence-electron chi connectivity index (χ4n) is 3.18. The zero-order valence-corrected chi connectivity index (χ0v) is 20.2. The Morgan fingerprint density at radius 1 is 0.929 bits per heavy atom. The van der Waals surface area contributed by atoms with Crippen LogP contribution in [0.4, 0.5) is 0 Å². The monoisotopic (exact) mass is 566 g/mol. The molecule has 4 aromatic rings. The molecule has 0 saturated carbocycles. The van der Waals surface area contributed by atoms with E-state index in [0.717, 1.165) is 50.6 Å². The Bertz CT molecular complexity index is 1330. The molecule has 0 fully saturated rings. The Morgan fingerprint density at radius 2 is 1.61 bits per heavy atom. The number of hydrogen-bond donors (Lipinski definition) is 2. The standard InChI is InChI=1S/C18H8Br2N4S4/c19-13-3-1-11(26-13)9-5-8-7(16(22-25)15(9)21)6-10(12-2-4-14(20)27-12)18-17(8)23-28-24-18/h1-6,21,25H/b21-15?,22-16-. The lowest BCUT2D eigenvalue weighted by atomic mass is 9.86. The molecule has 0 spiro atoms. The molecule has 0 saturated heterocycles. The minimum absolute atomic E-state index is 0.359. The maximum Gasteiger partial charge on any atom is 0.114 e. The molecule has 1 N–H and O–H groups in total. The van der Waals surface area contributed by atoms with Gasteiger partial charge in [-0.05, 0) is 81.1 Å². The van der Waals surface area contributed by atoms with Gasteiger partial charge in [0.15, 0.2) is 0 Å². The second kappa shape index (κ2) is 7.26. The Labute approximate surface area is 194 Å². The molecule has 0 aliphatic heterocycles. The van der Waals surface area contributed by atoms with E-state index in [1.54, 1.807) is 22.7 Å². The van der Waals surface area contributed by atoms with Gasteiger partial charge in [0.05, 0.1) is 25.0 Å². The van der Waals surface area contributed by atoms with Gasteiger partial charge in [-0.1, -0.05) is 0 Å². The van der Waals surface area contributed by atoms with Gasteiger partial charge >= 0.3 is 0 Å². The van der Waals surface area contributed by atoms with Gasteiger partial charge in [0.25, 0.3) is 0 Å². The predicted octanol–water partition coefficient (Wildman–Crippen LogP) is 7.21. The van der Waals surface area contributed by atoms with Crippen molar-refractivity contribution in [3.05, 3.63) is 53.9 Å². The molecular formula is C18H8Br2N4S4. The van der Waals surface area contributed by atoms with Gasteiger partial charge in [-0.25, -0.2) is 4.40 Å². The minimum atomic E-state index is 0.359. The largest absolute Gasteiger partial charge is 0.298 e. The van der Waals surface area contributed by atoms with Crippen molar-refractivity contribution in [2.45, 2.75) is 0 Å². The van der Waals surface area contributed by atoms with Crippen LogP contribution in [0.25, 0.3) is 33.1 Å². The van der Waals surface area contributed by atoms with Crippen molar-refractivity contribution in [2.75, 3.05) is 0 Å². The molecule has 5 rings (SSSR count). The Balaban J connectivity index is 1.83. The van der Waals surface area contributed by atoms with Crippen molar-refractivity contribution < 1.29 is 0 Å². The zero-order chi connectivity index (χ0) is 19.4. The third kappa shape index (κ3) is 2.98. The first-order valence-electron chi connectivity index (χ1n) is 7.91. The molecule has 0 atom stereocenters. The number of aromatic nitrogens is 2. The van der Waals surface area contributed by atoms with Crippen LogP contribution < -0.4 is 0 Å². The van der Waals surface area contributed by atoms with E-state index in [1.165, 1.54) is 11.7 Å². The topological polar surface area (TPSA) is 62.0 Å². The summed E-state index contributed by atoms with van der Waals surface area (Å²) in [5.74, 6) is 0. The lowest BCUT2D eigenvalue weighted by Gasteiger charge is -2.20. The number of fused-ring (bicyclic) bond motifs is 3. The Hall–Kier alpha value is -1.17. The van der Waals surface area contributed by atoms with Crippen molar-refractivity contribution >= 4 is 113 Å². The maximum absolute atomic E-state index is 8.74. The van der Waals surface area contributed by atoms with Crippen LogP contribution in [0.2, 0.25) is 0 Å². The summed E-state index contributed by atoms with van der Waals surface area (Å²) < 4.78 is 15.4. The van der Waals surface area contributed by atoms with E-state index in [2.05, 4.69) is 70.0 Å². The average molecular weight is 568 g/mol. The third-order valence-corrected chi connectivity index (χ3v) is 8.45. The Kier molecular flexibility index (Phi) is 4.88. The lowest BCUT2D eigenvalue weighted by molar-refractivity contribution is 1.52. The number of hydrogen-bond acceptors (Lipinski definition) is 8. The minimum Gasteiger partial charge on any atom is -0.298 e. The van der Waals surface area contributed by atoms with Gasteiger partial charge in [-0.15, -0.1) is 22.7 Å². The van der Waals surface area contributed by atoms with Crippen LogP contribution in [-0.4, -0.2) is 20.2 Å². The molecule has 3 aromatic heterocycles. The van der Waals surface area contributed by atoms with E-state index in [-0.39, 0.29) is 0 Å². The van der Waals surface area contributed by atoms with Crippen LogP contribution in [0.3, 0.4) is 0 Å². The summed E-state index contributed by atoms with van der Waals surface area (Å²) >= 11 is 15.7. The highest BCUT2D eigenvalue weighted by molar-refractivity contribution is 9.11. The molecular weight excluding hydrogens is 560 g/mol. The van der Waals surface area contributed by atoms with Crippen molar-refractivity contribution in [3.8, 4) is 10.4 Å².